The summed E-state index contributed by atoms with van der Waals surface area (Å²) in [7, 11) is 1.80. The van der Waals surface area contributed by atoms with Gasteiger partial charge in [-0.05, 0) is 84.8 Å². The van der Waals surface area contributed by atoms with Crippen molar-refractivity contribution in [2.45, 2.75) is 58.6 Å². The van der Waals surface area contributed by atoms with Gasteiger partial charge >= 0.3 is 0 Å². The number of benzene rings is 1. The minimum Gasteiger partial charge on any atom is -0.491 e. The van der Waals surface area contributed by atoms with Crippen LogP contribution in [0.1, 0.15) is 42.7 Å². The molecule has 40 heavy (non-hydrogen) atoms. The van der Waals surface area contributed by atoms with Crippen LogP contribution in [0.5, 0.6) is 5.75 Å². The van der Waals surface area contributed by atoms with Crippen LogP contribution in [-0.4, -0.2) is 83.7 Å². The number of aromatic nitrogens is 3. The molecule has 214 valence electrons. The van der Waals surface area contributed by atoms with Gasteiger partial charge in [0.15, 0.2) is 5.82 Å². The summed E-state index contributed by atoms with van der Waals surface area (Å²) in [6, 6.07) is 6.29. The van der Waals surface area contributed by atoms with Crippen molar-refractivity contribution in [2.24, 2.45) is 5.41 Å². The highest BCUT2D eigenvalue weighted by molar-refractivity contribution is 6.33. The lowest BCUT2D eigenvalue weighted by Gasteiger charge is -2.55. The van der Waals surface area contributed by atoms with E-state index in [0.29, 0.717) is 34.1 Å². The van der Waals surface area contributed by atoms with Crippen molar-refractivity contribution in [1.29, 1.82) is 0 Å². The number of aliphatic hydroxyl groups excluding tert-OH is 1. The van der Waals surface area contributed by atoms with E-state index in [1.165, 1.54) is 38.8 Å². The number of nitrogens with one attached hydrogen (secondary N) is 1. The van der Waals surface area contributed by atoms with Crippen molar-refractivity contribution in [3.05, 3.63) is 40.2 Å². The van der Waals surface area contributed by atoms with Crippen molar-refractivity contribution in [2.75, 3.05) is 51.3 Å². The molecule has 2 N–H and O–H groups in total. The van der Waals surface area contributed by atoms with Gasteiger partial charge in [0.2, 0.25) is 0 Å². The lowest BCUT2D eigenvalue weighted by atomic mass is 9.72. The van der Waals surface area contributed by atoms with Crippen LogP contribution in [0.25, 0.3) is 22.6 Å². The van der Waals surface area contributed by atoms with E-state index in [2.05, 4.69) is 27.2 Å². The molecule has 1 aromatic carbocycles. The number of aryl methyl sites for hydroxylation is 2. The van der Waals surface area contributed by atoms with E-state index >= 15 is 0 Å². The van der Waals surface area contributed by atoms with Gasteiger partial charge in [-0.1, -0.05) is 16.8 Å². The van der Waals surface area contributed by atoms with Crippen LogP contribution < -0.4 is 15.0 Å². The number of ether oxygens (including phenoxy) is 1. The third-order valence-corrected chi connectivity index (χ3v) is 9.05. The maximum atomic E-state index is 10.1. The molecule has 1 saturated carbocycles. The van der Waals surface area contributed by atoms with Crippen molar-refractivity contribution in [1.82, 2.24) is 25.3 Å². The highest BCUT2D eigenvalue weighted by Gasteiger charge is 2.47. The summed E-state index contributed by atoms with van der Waals surface area (Å²) in [6.07, 6.45) is 4.62. The molecule has 3 fully saturated rings. The lowest BCUT2D eigenvalue weighted by Crippen LogP contribution is -2.61. The predicted octanol–water partition coefficient (Wildman–Crippen LogP) is 4.40. The minimum absolute atomic E-state index is 0.167. The molecule has 2 saturated heterocycles. The van der Waals surface area contributed by atoms with Crippen molar-refractivity contribution >= 4 is 17.4 Å². The smallest absolute Gasteiger partial charge is 0.163 e. The summed E-state index contributed by atoms with van der Waals surface area (Å²) >= 11 is 6.72. The monoisotopic (exact) mass is 566 g/mol. The number of likely N-dealkylation sites (tertiary alicyclic amines) is 1. The first-order chi connectivity index (χ1) is 19.3. The molecule has 9 nitrogen and oxygen atoms in total. The third kappa shape index (κ3) is 5.32. The molecule has 4 heterocycles. The van der Waals surface area contributed by atoms with Gasteiger partial charge in [-0.2, -0.15) is 0 Å². The molecule has 0 amide bonds. The molecule has 6 rings (SSSR count). The molecule has 3 aliphatic rings. The Morgan fingerprint density at radius 1 is 1.18 bits per heavy atom. The van der Waals surface area contributed by atoms with E-state index < -0.39 is 6.10 Å². The fourth-order valence-electron chi connectivity index (χ4n) is 6.28. The second-order valence-corrected chi connectivity index (χ2v) is 12.2. The van der Waals surface area contributed by atoms with Crippen molar-refractivity contribution in [3.63, 3.8) is 0 Å². The first-order valence-electron chi connectivity index (χ1n) is 14.3. The zero-order chi connectivity index (χ0) is 28.0. The highest BCUT2D eigenvalue weighted by atomic mass is 35.5. The summed E-state index contributed by atoms with van der Waals surface area (Å²) in [4.78, 5) is 15.2. The predicted molar refractivity (Wildman–Crippen MR) is 156 cm³/mol. The second-order valence-electron chi connectivity index (χ2n) is 11.8. The van der Waals surface area contributed by atoms with Crippen LogP contribution in [0.3, 0.4) is 0 Å². The number of likely N-dealkylation sites (N-methyl/N-ethyl adjacent to an activating group) is 1. The zero-order valence-electron chi connectivity index (χ0n) is 23.8. The van der Waals surface area contributed by atoms with E-state index in [1.54, 1.807) is 19.2 Å². The Kier molecular flexibility index (Phi) is 7.50. The molecule has 2 aliphatic heterocycles. The molecule has 3 aromatic rings. The maximum absolute atomic E-state index is 10.1. The summed E-state index contributed by atoms with van der Waals surface area (Å²) in [6.45, 7) is 11.0. The molecule has 1 aliphatic carbocycles. The van der Waals surface area contributed by atoms with Gasteiger partial charge in [0.25, 0.3) is 0 Å². The highest BCUT2D eigenvalue weighted by Crippen LogP contribution is 2.46. The quantitative estimate of drug-likeness (QED) is 0.390. The number of piperidine rings is 1. The van der Waals surface area contributed by atoms with Gasteiger partial charge in [-0.15, -0.1) is 0 Å². The Labute approximate surface area is 240 Å². The van der Waals surface area contributed by atoms with E-state index in [0.717, 1.165) is 53.2 Å². The van der Waals surface area contributed by atoms with Crippen LogP contribution in [0.2, 0.25) is 5.02 Å². The lowest BCUT2D eigenvalue weighted by molar-refractivity contribution is 0.0716. The number of hydrogen-bond donors (Lipinski definition) is 2. The van der Waals surface area contributed by atoms with Gasteiger partial charge in [-0.3, -0.25) is 0 Å². The minimum atomic E-state index is -0.618. The molecule has 2 aromatic heterocycles. The van der Waals surface area contributed by atoms with Gasteiger partial charge < -0.3 is 29.5 Å². The normalized spacial score (nSPS) is 19.6. The van der Waals surface area contributed by atoms with Crippen LogP contribution in [-0.2, 0) is 0 Å². The molecule has 1 unspecified atom stereocenters. The second kappa shape index (κ2) is 10.9. The molecule has 1 spiro atoms. The largest absolute Gasteiger partial charge is 0.491 e. The van der Waals surface area contributed by atoms with E-state index in [1.807, 2.05) is 19.9 Å². The van der Waals surface area contributed by atoms with Crippen LogP contribution in [0.4, 0.5) is 5.82 Å². The number of nitrogens with zero attached hydrogens (tertiary/aromatic N) is 5. The Morgan fingerprint density at radius 2 is 1.93 bits per heavy atom. The van der Waals surface area contributed by atoms with Crippen molar-refractivity contribution < 1.29 is 14.4 Å². The molecular formula is C30H39ClN6O3. The maximum Gasteiger partial charge on any atom is 0.163 e. The fourth-order valence-corrected chi connectivity index (χ4v) is 6.48. The van der Waals surface area contributed by atoms with E-state index in [-0.39, 0.29) is 6.61 Å². The SMILES string of the molecule is CNCC(O)COc1ccc(Cl)c(-c2nc(-c3c(C)noc3C)c(C)c(N3CC4(CCN(C5CC5)CC4)C3)n2)c1. The average molecular weight is 567 g/mol. The Hall–Kier alpha value is -2.72. The Morgan fingerprint density at radius 3 is 2.58 bits per heavy atom. The number of halogens is 1. The summed E-state index contributed by atoms with van der Waals surface area (Å²) in [5.41, 5.74) is 4.57. The topological polar surface area (TPSA) is 99.8 Å². The van der Waals surface area contributed by atoms with Crippen molar-refractivity contribution in [3.8, 4) is 28.4 Å². The fraction of sp³-hybridized carbons (Fsp3) is 0.567. The molecule has 0 radical (unpaired) electrons. The number of hydrogen-bond acceptors (Lipinski definition) is 9. The first kappa shape index (κ1) is 27.4. The molecule has 10 heteroatoms. The summed E-state index contributed by atoms with van der Waals surface area (Å²) in [5.74, 6) is 2.79. The molecule has 0 bridgehead atoms. The standard InChI is InChI=1S/C30H39ClN6O3/c1-18-27(26-19(2)35-40-20(26)3)33-28(24-13-23(7-8-25(24)31)39-15-22(38)14-32-4)34-29(18)37-16-30(17-37)9-11-36(12-10-30)21-5-6-21/h7-8,13,21-22,32,38H,5-6,9-12,14-17H2,1-4H3. The van der Waals surface area contributed by atoms with Crippen LogP contribution >= 0.6 is 11.6 Å². The number of rotatable bonds is 9. The number of aliphatic hydroxyl groups is 1. The van der Waals surface area contributed by atoms with Crippen LogP contribution in [0, 0.1) is 26.2 Å². The summed E-state index contributed by atoms with van der Waals surface area (Å²) in [5, 5.41) is 17.8. The van der Waals surface area contributed by atoms with E-state index in [4.69, 9.17) is 30.8 Å². The Bertz CT molecular complexity index is 1350. The zero-order valence-corrected chi connectivity index (χ0v) is 24.6. The summed E-state index contributed by atoms with van der Waals surface area (Å²) < 4.78 is 11.4. The van der Waals surface area contributed by atoms with Gasteiger partial charge in [-0.25, -0.2) is 9.97 Å². The Balaban J connectivity index is 1.32. The van der Waals surface area contributed by atoms with Gasteiger partial charge in [0.05, 0.1) is 22.0 Å². The van der Waals surface area contributed by atoms with Crippen LogP contribution in [0.15, 0.2) is 22.7 Å². The number of anilines is 1. The molecule has 1 atom stereocenters. The third-order valence-electron chi connectivity index (χ3n) is 8.73. The molecular weight excluding hydrogens is 528 g/mol. The first-order valence-corrected chi connectivity index (χ1v) is 14.7. The van der Waals surface area contributed by atoms with E-state index in [9.17, 15) is 5.11 Å². The average Bonchev–Trinajstić information content (AvgIpc) is 3.72. The van der Waals surface area contributed by atoms with Gasteiger partial charge in [0.1, 0.15) is 30.0 Å². The van der Waals surface area contributed by atoms with Gasteiger partial charge in [0, 0.05) is 42.2 Å².